The van der Waals surface area contributed by atoms with Gasteiger partial charge in [-0.05, 0) is 36.2 Å². The van der Waals surface area contributed by atoms with E-state index in [4.69, 9.17) is 4.84 Å². The highest BCUT2D eigenvalue weighted by molar-refractivity contribution is 5.96. The molecule has 0 saturated heterocycles. The summed E-state index contributed by atoms with van der Waals surface area (Å²) in [6.45, 7) is 2.08. The number of hydrogen-bond donors (Lipinski definition) is 1. The van der Waals surface area contributed by atoms with E-state index in [9.17, 15) is 9.59 Å². The van der Waals surface area contributed by atoms with E-state index in [2.05, 4.69) is 12.4 Å². The predicted octanol–water partition coefficient (Wildman–Crippen LogP) is 3.14. The Morgan fingerprint density at radius 2 is 1.71 bits per heavy atom. The van der Waals surface area contributed by atoms with Crippen LogP contribution in [-0.4, -0.2) is 11.9 Å². The molecular weight excluding hydrogens is 266 g/mol. The minimum atomic E-state index is -0.589. The SMILES string of the molecule is CCCc1cccc(C(=O)NOC(=O)c2ccccc2)c1. The van der Waals surface area contributed by atoms with Gasteiger partial charge in [-0.1, -0.05) is 43.7 Å². The third kappa shape index (κ3) is 4.18. The summed E-state index contributed by atoms with van der Waals surface area (Å²) in [4.78, 5) is 28.5. The number of hydroxylamine groups is 1. The quantitative estimate of drug-likeness (QED) is 0.877. The molecule has 4 nitrogen and oxygen atoms in total. The second-order valence-electron chi connectivity index (χ2n) is 4.64. The van der Waals surface area contributed by atoms with Gasteiger partial charge in [0.15, 0.2) is 0 Å². The number of nitrogens with one attached hydrogen (secondary N) is 1. The number of benzene rings is 2. The lowest BCUT2D eigenvalue weighted by Gasteiger charge is -2.07. The summed E-state index contributed by atoms with van der Waals surface area (Å²) in [5.74, 6) is -1.02. The standard InChI is InChI=1S/C17H17NO3/c1-2-7-13-8-6-11-15(12-13)16(19)18-21-17(20)14-9-4-3-5-10-14/h3-6,8-12H,2,7H2,1H3,(H,18,19). The third-order valence-electron chi connectivity index (χ3n) is 2.97. The van der Waals surface area contributed by atoms with Crippen molar-refractivity contribution in [3.05, 3.63) is 71.3 Å². The third-order valence-corrected chi connectivity index (χ3v) is 2.97. The Labute approximate surface area is 123 Å². The van der Waals surface area contributed by atoms with Crippen LogP contribution in [0.3, 0.4) is 0 Å². The van der Waals surface area contributed by atoms with Crippen molar-refractivity contribution < 1.29 is 14.4 Å². The molecule has 0 aliphatic heterocycles. The lowest BCUT2D eigenvalue weighted by molar-refractivity contribution is 0.0230. The molecular formula is C17H17NO3. The van der Waals surface area contributed by atoms with Crippen LogP contribution in [0.5, 0.6) is 0 Å². The molecule has 0 aromatic heterocycles. The van der Waals surface area contributed by atoms with E-state index < -0.39 is 11.9 Å². The average molecular weight is 283 g/mol. The molecule has 1 N–H and O–H groups in total. The van der Waals surface area contributed by atoms with Crippen molar-refractivity contribution in [1.82, 2.24) is 5.48 Å². The molecule has 21 heavy (non-hydrogen) atoms. The first-order valence-electron chi connectivity index (χ1n) is 6.86. The van der Waals surface area contributed by atoms with Gasteiger partial charge >= 0.3 is 5.97 Å². The van der Waals surface area contributed by atoms with E-state index in [1.165, 1.54) is 0 Å². The predicted molar refractivity (Wildman–Crippen MR) is 79.8 cm³/mol. The van der Waals surface area contributed by atoms with E-state index in [1.54, 1.807) is 42.5 Å². The lowest BCUT2D eigenvalue weighted by Crippen LogP contribution is -2.27. The lowest BCUT2D eigenvalue weighted by atomic mass is 10.1. The molecule has 4 heteroatoms. The maximum Gasteiger partial charge on any atom is 0.362 e. The van der Waals surface area contributed by atoms with Crippen molar-refractivity contribution >= 4 is 11.9 Å². The fraction of sp³-hybridized carbons (Fsp3) is 0.176. The zero-order chi connectivity index (χ0) is 15.1. The topological polar surface area (TPSA) is 55.4 Å². The van der Waals surface area contributed by atoms with Crippen LogP contribution in [0.1, 0.15) is 39.6 Å². The molecule has 0 aliphatic rings. The Hall–Kier alpha value is -2.62. The molecule has 2 aromatic carbocycles. The van der Waals surface area contributed by atoms with Crippen LogP contribution in [0, 0.1) is 0 Å². The second kappa shape index (κ2) is 7.24. The summed E-state index contributed by atoms with van der Waals surface area (Å²) < 4.78 is 0. The number of hydrogen-bond acceptors (Lipinski definition) is 3. The molecule has 2 rings (SSSR count). The fourth-order valence-corrected chi connectivity index (χ4v) is 1.94. The van der Waals surface area contributed by atoms with Crippen molar-refractivity contribution in [3.8, 4) is 0 Å². The Balaban J connectivity index is 1.96. The maximum absolute atomic E-state index is 11.9. The van der Waals surface area contributed by atoms with Crippen molar-refractivity contribution in [1.29, 1.82) is 0 Å². The van der Waals surface area contributed by atoms with Crippen LogP contribution >= 0.6 is 0 Å². The van der Waals surface area contributed by atoms with Gasteiger partial charge in [0.1, 0.15) is 0 Å². The number of aryl methyl sites for hydroxylation is 1. The fourth-order valence-electron chi connectivity index (χ4n) is 1.94. The van der Waals surface area contributed by atoms with Crippen LogP contribution in [0.25, 0.3) is 0 Å². The van der Waals surface area contributed by atoms with E-state index in [-0.39, 0.29) is 0 Å². The summed E-state index contributed by atoms with van der Waals surface area (Å²) in [7, 11) is 0. The van der Waals surface area contributed by atoms with Gasteiger partial charge in [-0.3, -0.25) is 4.79 Å². The van der Waals surface area contributed by atoms with Crippen molar-refractivity contribution in [2.45, 2.75) is 19.8 Å². The Morgan fingerprint density at radius 3 is 2.43 bits per heavy atom. The van der Waals surface area contributed by atoms with Gasteiger partial charge in [0, 0.05) is 5.56 Å². The van der Waals surface area contributed by atoms with Crippen molar-refractivity contribution in [2.75, 3.05) is 0 Å². The minimum Gasteiger partial charge on any atom is -0.335 e. The van der Waals surface area contributed by atoms with Crippen molar-refractivity contribution in [3.63, 3.8) is 0 Å². The molecule has 0 saturated carbocycles. The second-order valence-corrected chi connectivity index (χ2v) is 4.64. The Bertz CT molecular complexity index is 623. The summed E-state index contributed by atoms with van der Waals surface area (Å²) in [6.07, 6.45) is 1.92. The maximum atomic E-state index is 11.9. The molecule has 0 fully saturated rings. The average Bonchev–Trinajstić information content (AvgIpc) is 2.53. The molecule has 0 atom stereocenters. The van der Waals surface area contributed by atoms with Crippen LogP contribution in [-0.2, 0) is 11.3 Å². The Morgan fingerprint density at radius 1 is 1.00 bits per heavy atom. The molecule has 0 unspecified atom stereocenters. The van der Waals surface area contributed by atoms with Gasteiger partial charge in [0.25, 0.3) is 5.91 Å². The molecule has 0 radical (unpaired) electrons. The van der Waals surface area contributed by atoms with E-state index in [0.717, 1.165) is 18.4 Å². The van der Waals surface area contributed by atoms with E-state index in [0.29, 0.717) is 11.1 Å². The highest BCUT2D eigenvalue weighted by atomic mass is 16.7. The largest absolute Gasteiger partial charge is 0.362 e. The first-order chi connectivity index (χ1) is 10.2. The van der Waals surface area contributed by atoms with Gasteiger partial charge in [-0.15, -0.1) is 0 Å². The highest BCUT2D eigenvalue weighted by Gasteiger charge is 2.11. The molecule has 2 aromatic rings. The van der Waals surface area contributed by atoms with Gasteiger partial charge in [0.05, 0.1) is 5.56 Å². The number of carbonyl (C=O) groups is 2. The normalized spacial score (nSPS) is 9.95. The van der Waals surface area contributed by atoms with Gasteiger partial charge in [-0.2, -0.15) is 5.48 Å². The molecule has 0 heterocycles. The smallest absolute Gasteiger partial charge is 0.335 e. The van der Waals surface area contributed by atoms with Gasteiger partial charge in [-0.25, -0.2) is 4.79 Å². The molecule has 108 valence electrons. The van der Waals surface area contributed by atoms with Crippen molar-refractivity contribution in [2.24, 2.45) is 0 Å². The van der Waals surface area contributed by atoms with Crippen LogP contribution in [0.4, 0.5) is 0 Å². The highest BCUT2D eigenvalue weighted by Crippen LogP contribution is 2.08. The molecule has 1 amide bonds. The molecule has 0 spiro atoms. The Kier molecular flexibility index (Phi) is 5.10. The summed E-state index contributed by atoms with van der Waals surface area (Å²) >= 11 is 0. The minimum absolute atomic E-state index is 0.387. The number of rotatable bonds is 4. The first-order valence-corrected chi connectivity index (χ1v) is 6.86. The first kappa shape index (κ1) is 14.8. The van der Waals surface area contributed by atoms with Crippen LogP contribution in [0.2, 0.25) is 0 Å². The number of amides is 1. The van der Waals surface area contributed by atoms with E-state index >= 15 is 0 Å². The van der Waals surface area contributed by atoms with Gasteiger partial charge in [0.2, 0.25) is 0 Å². The summed E-state index contributed by atoms with van der Waals surface area (Å²) in [6, 6.07) is 15.8. The number of carbonyl (C=O) groups excluding carboxylic acids is 2. The monoisotopic (exact) mass is 283 g/mol. The molecule has 0 aliphatic carbocycles. The zero-order valence-corrected chi connectivity index (χ0v) is 11.8. The van der Waals surface area contributed by atoms with Gasteiger partial charge < -0.3 is 4.84 Å². The molecule has 0 bridgehead atoms. The zero-order valence-electron chi connectivity index (χ0n) is 11.8. The summed E-state index contributed by atoms with van der Waals surface area (Å²) in [5.41, 5.74) is 4.12. The summed E-state index contributed by atoms with van der Waals surface area (Å²) in [5, 5.41) is 0. The van der Waals surface area contributed by atoms with Crippen LogP contribution < -0.4 is 5.48 Å². The van der Waals surface area contributed by atoms with E-state index in [1.807, 2.05) is 12.1 Å². The van der Waals surface area contributed by atoms with Crippen LogP contribution in [0.15, 0.2) is 54.6 Å².